The Kier molecular flexibility index (Phi) is 4.08. The monoisotopic (exact) mass is 128 g/mol. The summed E-state index contributed by atoms with van der Waals surface area (Å²) in [4.78, 5) is 0. The van der Waals surface area contributed by atoms with Crippen LogP contribution < -0.4 is 0 Å². The van der Waals surface area contributed by atoms with E-state index in [4.69, 9.17) is 0 Å². The molecule has 0 unspecified atom stereocenters. The molecule has 0 radical (unpaired) electrons. The fourth-order valence-electron chi connectivity index (χ4n) is 0.366. The number of hydrogen-bond donors (Lipinski definition) is 0. The van der Waals surface area contributed by atoms with Gasteiger partial charge >= 0.3 is 0 Å². The van der Waals surface area contributed by atoms with Gasteiger partial charge in [-0.05, 0) is 24.5 Å². The van der Waals surface area contributed by atoms with Crippen LogP contribution in [-0.2, 0) is 0 Å². The summed E-state index contributed by atoms with van der Waals surface area (Å²) in [6, 6.07) is 0. The zero-order valence-corrected chi connectivity index (χ0v) is 6.24. The molecule has 0 aromatic carbocycles. The summed E-state index contributed by atoms with van der Waals surface area (Å²) in [7, 11) is 0. The lowest BCUT2D eigenvalue weighted by Gasteiger charge is -1.98. The fourth-order valence-corrected chi connectivity index (χ4v) is 0.366. The Labute approximate surface area is 56.1 Å². The molecule has 0 bridgehead atoms. The van der Waals surface area contributed by atoms with Crippen molar-refractivity contribution >= 4 is 0 Å². The van der Waals surface area contributed by atoms with E-state index in [-0.39, 0.29) is 0 Å². The van der Waals surface area contributed by atoms with Gasteiger partial charge < -0.3 is 0 Å². The zero-order valence-electron chi connectivity index (χ0n) is 6.24. The lowest BCUT2D eigenvalue weighted by atomic mass is 10.1. The van der Waals surface area contributed by atoms with Crippen molar-refractivity contribution in [2.75, 3.05) is 6.67 Å². The third kappa shape index (κ3) is 3.99. The largest absolute Gasteiger partial charge is 0.246 e. The first kappa shape index (κ1) is 8.45. The number of allylic oxidation sites excluding steroid dienone is 1. The van der Waals surface area contributed by atoms with Gasteiger partial charge in [0.05, 0.1) is 0 Å². The molecule has 9 heavy (non-hydrogen) atoms. The Bertz CT molecular complexity index is 128. The third-order valence-corrected chi connectivity index (χ3v) is 1.27. The Morgan fingerprint density at radius 2 is 2.22 bits per heavy atom. The van der Waals surface area contributed by atoms with Crippen LogP contribution >= 0.6 is 0 Å². The number of rotatable bonds is 2. The highest BCUT2D eigenvalue weighted by Crippen LogP contribution is 2.04. The second-order valence-corrected chi connectivity index (χ2v) is 2.34. The molecule has 0 aliphatic heterocycles. The molecular formula is C8H13F. The van der Waals surface area contributed by atoms with Gasteiger partial charge in [-0.1, -0.05) is 13.8 Å². The molecule has 0 rings (SSSR count). The van der Waals surface area contributed by atoms with Crippen LogP contribution in [0.1, 0.15) is 20.8 Å². The van der Waals surface area contributed by atoms with Gasteiger partial charge in [0.25, 0.3) is 0 Å². The van der Waals surface area contributed by atoms with Gasteiger partial charge in [0.1, 0.15) is 6.67 Å². The minimum Gasteiger partial charge on any atom is -0.246 e. The third-order valence-electron chi connectivity index (χ3n) is 1.27. The molecule has 0 N–H and O–H groups in total. The van der Waals surface area contributed by atoms with Gasteiger partial charge in [-0.3, -0.25) is 0 Å². The van der Waals surface area contributed by atoms with Crippen LogP contribution in [0.3, 0.4) is 0 Å². The maximum absolute atomic E-state index is 11.5. The normalized spacial score (nSPS) is 9.00. The molecule has 1 heteroatoms. The van der Waals surface area contributed by atoms with Gasteiger partial charge in [-0.15, -0.1) is 5.73 Å². The molecule has 0 aromatic rings. The fraction of sp³-hybridized carbons (Fsp3) is 0.625. The molecule has 0 heterocycles. The summed E-state index contributed by atoms with van der Waals surface area (Å²) in [5, 5.41) is 0. The highest BCUT2D eigenvalue weighted by Gasteiger charge is 1.91. The van der Waals surface area contributed by atoms with Crippen LogP contribution in [0.4, 0.5) is 4.39 Å². The minimum atomic E-state index is -0.413. The average molecular weight is 128 g/mol. The smallest absolute Gasteiger partial charge is 0.115 e. The van der Waals surface area contributed by atoms with Gasteiger partial charge in [0, 0.05) is 0 Å². The summed E-state index contributed by atoms with van der Waals surface area (Å²) in [6.45, 7) is 5.67. The predicted molar refractivity (Wildman–Crippen MR) is 38.1 cm³/mol. The summed E-state index contributed by atoms with van der Waals surface area (Å²) in [6.07, 6.45) is 1.41. The van der Waals surface area contributed by atoms with Crippen molar-refractivity contribution in [3.05, 3.63) is 17.4 Å². The molecule has 0 aliphatic rings. The van der Waals surface area contributed by atoms with Crippen molar-refractivity contribution in [1.29, 1.82) is 0 Å². The topological polar surface area (TPSA) is 0 Å². The first-order valence-electron chi connectivity index (χ1n) is 3.16. The van der Waals surface area contributed by atoms with Crippen LogP contribution in [0.5, 0.6) is 0 Å². The lowest BCUT2D eigenvalue weighted by molar-refractivity contribution is 0.562. The van der Waals surface area contributed by atoms with Gasteiger partial charge in [-0.2, -0.15) is 0 Å². The second kappa shape index (κ2) is 4.34. The minimum absolute atomic E-state index is 0.413. The maximum atomic E-state index is 11.5. The zero-order chi connectivity index (χ0) is 7.28. The summed E-state index contributed by atoms with van der Waals surface area (Å²) >= 11 is 0. The van der Waals surface area contributed by atoms with E-state index in [1.165, 1.54) is 6.08 Å². The van der Waals surface area contributed by atoms with E-state index in [1.54, 1.807) is 0 Å². The van der Waals surface area contributed by atoms with E-state index in [9.17, 15) is 4.39 Å². The van der Waals surface area contributed by atoms with Crippen molar-refractivity contribution in [2.45, 2.75) is 20.8 Å². The SMILES string of the molecule is CC(=C=CCF)C(C)C. The number of halogens is 1. The van der Waals surface area contributed by atoms with Crippen LogP contribution in [0.15, 0.2) is 17.4 Å². The van der Waals surface area contributed by atoms with E-state index in [0.717, 1.165) is 5.57 Å². The van der Waals surface area contributed by atoms with E-state index in [0.29, 0.717) is 5.92 Å². The molecule has 0 aliphatic carbocycles. The highest BCUT2D eigenvalue weighted by molar-refractivity contribution is 5.00. The first-order chi connectivity index (χ1) is 4.18. The molecule has 0 atom stereocenters. The molecule has 0 saturated carbocycles. The predicted octanol–water partition coefficient (Wildman–Crippen LogP) is 2.71. The van der Waals surface area contributed by atoms with Crippen molar-refractivity contribution in [1.82, 2.24) is 0 Å². The Morgan fingerprint density at radius 1 is 1.67 bits per heavy atom. The molecule has 0 nitrogen and oxygen atoms in total. The van der Waals surface area contributed by atoms with Crippen molar-refractivity contribution in [3.63, 3.8) is 0 Å². The van der Waals surface area contributed by atoms with Crippen LogP contribution in [0.25, 0.3) is 0 Å². The summed E-state index contributed by atoms with van der Waals surface area (Å²) < 4.78 is 11.5. The second-order valence-electron chi connectivity index (χ2n) is 2.34. The molecule has 0 aromatic heterocycles. The van der Waals surface area contributed by atoms with Gasteiger partial charge in [0.2, 0.25) is 0 Å². The molecular weight excluding hydrogens is 115 g/mol. The molecule has 0 amide bonds. The molecule has 0 saturated heterocycles. The van der Waals surface area contributed by atoms with Gasteiger partial charge in [0.15, 0.2) is 0 Å². The van der Waals surface area contributed by atoms with Crippen LogP contribution in [0, 0.1) is 5.92 Å². The average Bonchev–Trinajstić information content (AvgIpc) is 1.82. The standard InChI is InChI=1S/C8H13F/c1-7(2)8(3)5-4-6-9/h4,7H,6H2,1-3H3. The maximum Gasteiger partial charge on any atom is 0.115 e. The van der Waals surface area contributed by atoms with Gasteiger partial charge in [-0.25, -0.2) is 4.39 Å². The molecule has 0 spiro atoms. The van der Waals surface area contributed by atoms with Crippen molar-refractivity contribution in [2.24, 2.45) is 5.92 Å². The van der Waals surface area contributed by atoms with E-state index < -0.39 is 6.67 Å². The summed E-state index contributed by atoms with van der Waals surface area (Å²) in [5.41, 5.74) is 3.95. The van der Waals surface area contributed by atoms with Crippen molar-refractivity contribution < 1.29 is 4.39 Å². The van der Waals surface area contributed by atoms with E-state index in [2.05, 4.69) is 19.6 Å². The highest BCUT2D eigenvalue weighted by atomic mass is 19.1. The van der Waals surface area contributed by atoms with Crippen LogP contribution in [-0.4, -0.2) is 6.67 Å². The summed E-state index contributed by atoms with van der Waals surface area (Å²) in [5.74, 6) is 0.479. The number of hydrogen-bond acceptors (Lipinski definition) is 0. The van der Waals surface area contributed by atoms with E-state index >= 15 is 0 Å². The van der Waals surface area contributed by atoms with Crippen LogP contribution in [0.2, 0.25) is 0 Å². The first-order valence-corrected chi connectivity index (χ1v) is 3.16. The Hall–Kier alpha value is -0.550. The Balaban J connectivity index is 3.98. The lowest BCUT2D eigenvalue weighted by Crippen LogP contribution is -1.85. The number of alkyl halides is 1. The molecule has 0 fully saturated rings. The quantitative estimate of drug-likeness (QED) is 0.501. The molecule has 52 valence electrons. The Morgan fingerprint density at radius 3 is 2.56 bits per heavy atom. The van der Waals surface area contributed by atoms with E-state index in [1.807, 2.05) is 6.92 Å². The van der Waals surface area contributed by atoms with Crippen molar-refractivity contribution in [3.8, 4) is 0 Å².